The Morgan fingerprint density at radius 1 is 1.37 bits per heavy atom. The molecule has 0 amide bonds. The predicted octanol–water partition coefficient (Wildman–Crippen LogP) is -0.945. The highest BCUT2D eigenvalue weighted by Gasteiger charge is 2.23. The van der Waals surface area contributed by atoms with E-state index in [4.69, 9.17) is 10.0 Å². The monoisotopic (exact) mass is 292 g/mol. The molecular formula is C9H10BFO7S. The molecule has 0 unspecified atom stereocenters. The van der Waals surface area contributed by atoms with Crippen molar-refractivity contribution in [3.8, 4) is 5.75 Å². The number of rotatable bonds is 4. The van der Waals surface area contributed by atoms with Crippen LogP contribution in [0.4, 0.5) is 3.89 Å². The summed E-state index contributed by atoms with van der Waals surface area (Å²) in [5.41, 5.74) is -0.237. The summed E-state index contributed by atoms with van der Waals surface area (Å²) in [7, 11) is -6.21. The van der Waals surface area contributed by atoms with Gasteiger partial charge in [0.15, 0.2) is 0 Å². The van der Waals surface area contributed by atoms with Crippen molar-refractivity contribution < 1.29 is 36.1 Å². The lowest BCUT2D eigenvalue weighted by Crippen LogP contribution is -2.33. The fourth-order valence-electron chi connectivity index (χ4n) is 1.46. The molecule has 0 aliphatic heterocycles. The molecule has 19 heavy (non-hydrogen) atoms. The van der Waals surface area contributed by atoms with E-state index in [0.717, 1.165) is 19.2 Å². The van der Waals surface area contributed by atoms with Crippen LogP contribution in [0, 0.1) is 6.92 Å². The summed E-state index contributed by atoms with van der Waals surface area (Å²) in [5, 5.41) is 18.2. The third-order valence-electron chi connectivity index (χ3n) is 2.30. The zero-order valence-electron chi connectivity index (χ0n) is 9.95. The average Bonchev–Trinajstić information content (AvgIpc) is 2.27. The highest BCUT2D eigenvalue weighted by atomic mass is 32.3. The summed E-state index contributed by atoms with van der Waals surface area (Å²) in [5.74, 6) is -1.43. The van der Waals surface area contributed by atoms with E-state index in [0.29, 0.717) is 0 Å². The first kappa shape index (κ1) is 15.4. The maximum absolute atomic E-state index is 12.4. The second kappa shape index (κ2) is 5.55. The molecule has 0 aliphatic carbocycles. The van der Waals surface area contributed by atoms with Gasteiger partial charge in [-0.25, -0.2) is 4.79 Å². The lowest BCUT2D eigenvalue weighted by molar-refractivity contribution is 0.0599. The zero-order chi connectivity index (χ0) is 14.8. The molecule has 0 bridgehead atoms. The van der Waals surface area contributed by atoms with Crippen LogP contribution in [0.5, 0.6) is 5.75 Å². The van der Waals surface area contributed by atoms with E-state index >= 15 is 0 Å². The van der Waals surface area contributed by atoms with Gasteiger partial charge in [0.05, 0.1) is 12.7 Å². The Morgan fingerprint density at radius 3 is 2.37 bits per heavy atom. The molecule has 104 valence electrons. The Balaban J connectivity index is 3.43. The van der Waals surface area contributed by atoms with Crippen LogP contribution in [0.3, 0.4) is 0 Å². The number of esters is 1. The molecular weight excluding hydrogens is 282 g/mol. The molecule has 7 nitrogen and oxygen atoms in total. The van der Waals surface area contributed by atoms with Crippen LogP contribution in [-0.4, -0.2) is 38.7 Å². The van der Waals surface area contributed by atoms with Crippen molar-refractivity contribution in [3.63, 3.8) is 0 Å². The van der Waals surface area contributed by atoms with Gasteiger partial charge in [-0.3, -0.25) is 0 Å². The molecule has 0 atom stereocenters. The van der Waals surface area contributed by atoms with Gasteiger partial charge < -0.3 is 19.0 Å². The Kier molecular flexibility index (Phi) is 4.50. The van der Waals surface area contributed by atoms with Crippen LogP contribution in [0.25, 0.3) is 0 Å². The third-order valence-corrected chi connectivity index (χ3v) is 2.69. The number of ether oxygens (including phenoxy) is 1. The highest BCUT2D eigenvalue weighted by Crippen LogP contribution is 2.19. The Bertz CT molecular complexity index is 599. The minimum Gasteiger partial charge on any atom is -0.465 e. The van der Waals surface area contributed by atoms with Crippen LogP contribution in [-0.2, 0) is 15.2 Å². The standard InChI is InChI=1S/C9H10BFO7S/c1-5-7(9(12)17-2)3-6(18-19(11,15)16)4-8(5)10(13)14/h3-4,13-14H,1-2H3. The van der Waals surface area contributed by atoms with Crippen LogP contribution in [0.1, 0.15) is 15.9 Å². The van der Waals surface area contributed by atoms with Crippen molar-refractivity contribution in [1.29, 1.82) is 0 Å². The normalized spacial score (nSPS) is 11.0. The van der Waals surface area contributed by atoms with E-state index in [2.05, 4.69) is 8.92 Å². The molecule has 0 radical (unpaired) electrons. The smallest absolute Gasteiger partial charge is 0.465 e. The minimum absolute atomic E-state index is 0.144. The van der Waals surface area contributed by atoms with Gasteiger partial charge in [0.25, 0.3) is 0 Å². The maximum atomic E-state index is 12.4. The molecule has 0 saturated heterocycles. The number of hydrogen-bond acceptors (Lipinski definition) is 7. The predicted molar refractivity (Wildman–Crippen MR) is 63.0 cm³/mol. The number of carbonyl (C=O) groups excluding carboxylic acids is 1. The van der Waals surface area contributed by atoms with Gasteiger partial charge in [0.1, 0.15) is 5.75 Å². The Hall–Kier alpha value is -1.65. The first-order chi connectivity index (χ1) is 8.65. The van der Waals surface area contributed by atoms with E-state index in [1.165, 1.54) is 6.92 Å². The van der Waals surface area contributed by atoms with Crippen LogP contribution in [0.2, 0.25) is 0 Å². The van der Waals surface area contributed by atoms with Crippen molar-refractivity contribution in [2.45, 2.75) is 6.92 Å². The van der Waals surface area contributed by atoms with Gasteiger partial charge in [-0.2, -0.15) is 8.42 Å². The lowest BCUT2D eigenvalue weighted by atomic mass is 9.76. The molecule has 0 saturated carbocycles. The van der Waals surface area contributed by atoms with Gasteiger partial charge >= 0.3 is 23.6 Å². The largest absolute Gasteiger partial charge is 0.488 e. The molecule has 1 aromatic carbocycles. The third kappa shape index (κ3) is 3.91. The molecule has 1 aromatic rings. The summed E-state index contributed by atoms with van der Waals surface area (Å²) in [6.07, 6.45) is 0. The number of benzene rings is 1. The summed E-state index contributed by atoms with van der Waals surface area (Å²) >= 11 is 0. The summed E-state index contributed by atoms with van der Waals surface area (Å²) < 4.78 is 41.6. The van der Waals surface area contributed by atoms with E-state index in [-0.39, 0.29) is 16.6 Å². The topological polar surface area (TPSA) is 110 Å². The SMILES string of the molecule is COC(=O)c1cc(OS(=O)(=O)F)cc(B(O)O)c1C. The number of carbonyl (C=O) groups is 1. The second-order valence-electron chi connectivity index (χ2n) is 3.53. The maximum Gasteiger partial charge on any atom is 0.488 e. The first-order valence-corrected chi connectivity index (χ1v) is 6.19. The molecule has 10 heteroatoms. The molecule has 0 aromatic heterocycles. The Morgan fingerprint density at radius 2 is 1.95 bits per heavy atom. The van der Waals surface area contributed by atoms with E-state index in [9.17, 15) is 17.1 Å². The van der Waals surface area contributed by atoms with Gasteiger partial charge in [-0.15, -0.1) is 0 Å². The van der Waals surface area contributed by atoms with Gasteiger partial charge in [0, 0.05) is 0 Å². The summed E-state index contributed by atoms with van der Waals surface area (Å²) in [6, 6.07) is 1.81. The number of methoxy groups -OCH3 is 1. The van der Waals surface area contributed by atoms with Gasteiger partial charge in [-0.05, 0) is 30.1 Å². The molecule has 0 spiro atoms. The van der Waals surface area contributed by atoms with Gasteiger partial charge in [-0.1, -0.05) is 3.89 Å². The molecule has 0 aliphatic rings. The quantitative estimate of drug-likeness (QED) is 0.418. The lowest BCUT2D eigenvalue weighted by Gasteiger charge is -2.11. The average molecular weight is 292 g/mol. The van der Waals surface area contributed by atoms with Crippen LogP contribution in [0.15, 0.2) is 12.1 Å². The van der Waals surface area contributed by atoms with Crippen molar-refractivity contribution in [3.05, 3.63) is 23.3 Å². The fourth-order valence-corrected chi connectivity index (χ4v) is 1.79. The number of halogens is 1. The second-order valence-corrected chi connectivity index (χ2v) is 4.48. The first-order valence-electron chi connectivity index (χ1n) is 4.88. The zero-order valence-corrected chi connectivity index (χ0v) is 10.8. The van der Waals surface area contributed by atoms with E-state index in [1.54, 1.807) is 0 Å². The molecule has 1 rings (SSSR count). The summed E-state index contributed by atoms with van der Waals surface area (Å²) in [4.78, 5) is 11.4. The molecule has 0 heterocycles. The molecule has 0 fully saturated rings. The van der Waals surface area contributed by atoms with Gasteiger partial charge in [0.2, 0.25) is 0 Å². The van der Waals surface area contributed by atoms with E-state index in [1.807, 2.05) is 0 Å². The number of hydrogen-bond donors (Lipinski definition) is 2. The van der Waals surface area contributed by atoms with Crippen molar-refractivity contribution in [2.24, 2.45) is 0 Å². The Labute approximate surface area is 109 Å². The van der Waals surface area contributed by atoms with Crippen molar-refractivity contribution >= 4 is 29.1 Å². The van der Waals surface area contributed by atoms with E-state index < -0.39 is 29.3 Å². The molecule has 2 N–H and O–H groups in total. The van der Waals surface area contributed by atoms with Crippen LogP contribution >= 0.6 is 0 Å². The van der Waals surface area contributed by atoms with Crippen molar-refractivity contribution in [1.82, 2.24) is 0 Å². The van der Waals surface area contributed by atoms with Crippen molar-refractivity contribution in [2.75, 3.05) is 7.11 Å². The fraction of sp³-hybridized carbons (Fsp3) is 0.222. The highest BCUT2D eigenvalue weighted by molar-refractivity contribution is 7.81. The minimum atomic E-state index is -5.30. The summed E-state index contributed by atoms with van der Waals surface area (Å²) in [6.45, 7) is 1.38. The van der Waals surface area contributed by atoms with Crippen LogP contribution < -0.4 is 9.65 Å².